The van der Waals surface area contributed by atoms with Crippen LogP contribution in [0.15, 0.2) is 23.2 Å². The first-order valence-corrected chi connectivity index (χ1v) is 8.30. The third-order valence-corrected chi connectivity index (χ3v) is 3.36. The Hall–Kier alpha value is -1.92. The summed E-state index contributed by atoms with van der Waals surface area (Å²) < 4.78 is 29.1. The number of pyridine rings is 1. The van der Waals surface area contributed by atoms with Gasteiger partial charge in [-0.1, -0.05) is 32.8 Å². The second-order valence-corrected chi connectivity index (χ2v) is 6.24. The van der Waals surface area contributed by atoms with Crippen LogP contribution in [0.3, 0.4) is 0 Å². The van der Waals surface area contributed by atoms with E-state index in [0.29, 0.717) is 17.6 Å². The van der Waals surface area contributed by atoms with Crippen LogP contribution in [-0.4, -0.2) is 30.0 Å². The van der Waals surface area contributed by atoms with Gasteiger partial charge in [0.25, 0.3) is 6.43 Å². The van der Waals surface area contributed by atoms with E-state index in [2.05, 4.69) is 36.1 Å². The van der Waals surface area contributed by atoms with Gasteiger partial charge in [0.2, 0.25) is 5.88 Å². The van der Waals surface area contributed by atoms with Gasteiger partial charge in [-0.25, -0.2) is 18.8 Å². The number of hydrogen-bond donors (Lipinski definition) is 2. The van der Waals surface area contributed by atoms with Crippen LogP contribution >= 0.6 is 0 Å². The van der Waals surface area contributed by atoms with E-state index in [4.69, 9.17) is 10.5 Å². The summed E-state index contributed by atoms with van der Waals surface area (Å²) in [5.41, 5.74) is 6.48. The van der Waals surface area contributed by atoms with Crippen LogP contribution < -0.4 is 15.8 Å². The predicted octanol–water partition coefficient (Wildman–Crippen LogP) is 3.34. The molecule has 0 bridgehead atoms. The number of aliphatic imine (C=N–C) groups is 1. The molecule has 1 unspecified atom stereocenters. The van der Waals surface area contributed by atoms with E-state index < -0.39 is 13.0 Å². The van der Waals surface area contributed by atoms with Gasteiger partial charge in [0, 0.05) is 12.1 Å². The Kier molecular flexibility index (Phi) is 9.04. The van der Waals surface area contributed by atoms with Crippen molar-refractivity contribution in [2.45, 2.75) is 59.0 Å². The lowest BCUT2D eigenvalue weighted by Crippen LogP contribution is -2.38. The first-order chi connectivity index (χ1) is 11.4. The van der Waals surface area contributed by atoms with Gasteiger partial charge in [0.05, 0.1) is 12.2 Å². The summed E-state index contributed by atoms with van der Waals surface area (Å²) >= 11 is 0. The van der Waals surface area contributed by atoms with Gasteiger partial charge >= 0.3 is 0 Å². The molecule has 0 saturated carbocycles. The summed E-state index contributed by atoms with van der Waals surface area (Å²) in [7, 11) is 0. The third kappa shape index (κ3) is 9.27. The molecule has 7 heteroatoms. The van der Waals surface area contributed by atoms with E-state index >= 15 is 0 Å². The van der Waals surface area contributed by atoms with E-state index in [1.165, 1.54) is 12.5 Å². The van der Waals surface area contributed by atoms with Crippen molar-refractivity contribution in [1.29, 1.82) is 0 Å². The maximum atomic E-state index is 12.1. The highest BCUT2D eigenvalue weighted by molar-refractivity contribution is 5.78. The van der Waals surface area contributed by atoms with Crippen molar-refractivity contribution >= 4 is 5.96 Å². The molecule has 0 aliphatic rings. The standard InChI is InChI=1S/C17H28F2N4O/c1-12(2)6-4-7-13(3)22-17(20)21-10-14-8-5-9-16(23-14)24-11-15(18)19/h5,8-9,12-13,15H,4,6-7,10-11H2,1-3H3,(H3,20,21,22). The van der Waals surface area contributed by atoms with Crippen LogP contribution in [0.25, 0.3) is 0 Å². The van der Waals surface area contributed by atoms with Gasteiger partial charge in [-0.3, -0.25) is 0 Å². The number of rotatable bonds is 10. The number of alkyl halides is 2. The molecule has 1 heterocycles. The van der Waals surface area contributed by atoms with Crippen LogP contribution in [0, 0.1) is 5.92 Å². The Labute approximate surface area is 142 Å². The summed E-state index contributed by atoms with van der Waals surface area (Å²) in [5, 5.41) is 3.15. The number of guanidine groups is 1. The second kappa shape index (κ2) is 10.8. The zero-order chi connectivity index (χ0) is 17.9. The molecule has 0 fully saturated rings. The second-order valence-electron chi connectivity index (χ2n) is 6.24. The minimum atomic E-state index is -2.52. The Balaban J connectivity index is 2.42. The van der Waals surface area contributed by atoms with Gasteiger partial charge in [-0.2, -0.15) is 0 Å². The molecule has 1 aromatic heterocycles. The number of halogens is 2. The van der Waals surface area contributed by atoms with Crippen LogP contribution in [0.5, 0.6) is 5.88 Å². The summed E-state index contributed by atoms with van der Waals surface area (Å²) in [5.74, 6) is 1.22. The number of nitrogens with two attached hydrogens (primary N) is 1. The number of aromatic nitrogens is 1. The predicted molar refractivity (Wildman–Crippen MR) is 92.3 cm³/mol. The topological polar surface area (TPSA) is 72.5 Å². The summed E-state index contributed by atoms with van der Waals surface area (Å²) in [6, 6.07) is 5.23. The molecular formula is C17H28F2N4O. The van der Waals surface area contributed by atoms with Gasteiger partial charge < -0.3 is 15.8 Å². The van der Waals surface area contributed by atoms with Gasteiger partial charge in [-0.05, 0) is 25.3 Å². The van der Waals surface area contributed by atoms with Crippen molar-refractivity contribution in [1.82, 2.24) is 10.3 Å². The van der Waals surface area contributed by atoms with Crippen LogP contribution in [0.4, 0.5) is 8.78 Å². The smallest absolute Gasteiger partial charge is 0.272 e. The van der Waals surface area contributed by atoms with E-state index in [0.717, 1.165) is 12.8 Å². The zero-order valence-corrected chi connectivity index (χ0v) is 14.6. The summed E-state index contributed by atoms with van der Waals surface area (Å²) in [4.78, 5) is 8.35. The van der Waals surface area contributed by atoms with Crippen molar-refractivity contribution in [2.24, 2.45) is 16.6 Å². The monoisotopic (exact) mass is 342 g/mol. The number of nitrogens with one attached hydrogen (secondary N) is 1. The molecule has 136 valence electrons. The van der Waals surface area contributed by atoms with Crippen molar-refractivity contribution in [3.05, 3.63) is 23.9 Å². The van der Waals surface area contributed by atoms with Crippen molar-refractivity contribution in [2.75, 3.05) is 6.61 Å². The number of hydrogen-bond acceptors (Lipinski definition) is 3. The van der Waals surface area contributed by atoms with Crippen LogP contribution in [0.2, 0.25) is 0 Å². The molecule has 0 radical (unpaired) electrons. The summed E-state index contributed by atoms with van der Waals surface area (Å²) in [6.07, 6.45) is 0.845. The lowest BCUT2D eigenvalue weighted by Gasteiger charge is -2.15. The average Bonchev–Trinajstić information content (AvgIpc) is 2.51. The lowest BCUT2D eigenvalue weighted by atomic mass is 10.0. The molecular weight excluding hydrogens is 314 g/mol. The molecule has 0 aromatic carbocycles. The Morgan fingerprint density at radius 3 is 2.71 bits per heavy atom. The lowest BCUT2D eigenvalue weighted by molar-refractivity contribution is 0.0795. The highest BCUT2D eigenvalue weighted by Gasteiger charge is 2.06. The Bertz CT molecular complexity index is 509. The molecule has 5 nitrogen and oxygen atoms in total. The average molecular weight is 342 g/mol. The minimum Gasteiger partial charge on any atom is -0.472 e. The molecule has 1 aromatic rings. The Morgan fingerprint density at radius 1 is 1.29 bits per heavy atom. The molecule has 0 amide bonds. The quantitative estimate of drug-likeness (QED) is 0.505. The fraction of sp³-hybridized carbons (Fsp3) is 0.647. The molecule has 0 aliphatic heterocycles. The largest absolute Gasteiger partial charge is 0.472 e. The molecule has 1 rings (SSSR count). The zero-order valence-electron chi connectivity index (χ0n) is 14.6. The van der Waals surface area contributed by atoms with E-state index in [1.54, 1.807) is 12.1 Å². The van der Waals surface area contributed by atoms with Crippen molar-refractivity contribution < 1.29 is 13.5 Å². The molecule has 0 saturated heterocycles. The first kappa shape index (κ1) is 20.1. The minimum absolute atomic E-state index is 0.164. The SMILES string of the molecule is CC(C)CCCC(C)NC(N)=NCc1cccc(OCC(F)F)n1. The van der Waals surface area contributed by atoms with E-state index in [-0.39, 0.29) is 18.5 Å². The van der Waals surface area contributed by atoms with Crippen molar-refractivity contribution in [3.8, 4) is 5.88 Å². The summed E-state index contributed by atoms with van der Waals surface area (Å²) in [6.45, 7) is 6.08. The van der Waals surface area contributed by atoms with Crippen molar-refractivity contribution in [3.63, 3.8) is 0 Å². The van der Waals surface area contributed by atoms with Crippen LogP contribution in [0.1, 0.15) is 45.7 Å². The van der Waals surface area contributed by atoms with Crippen LogP contribution in [-0.2, 0) is 6.54 Å². The normalized spacial score (nSPS) is 13.4. The van der Waals surface area contributed by atoms with Gasteiger partial charge in [-0.15, -0.1) is 0 Å². The molecule has 0 aliphatic carbocycles. The van der Waals surface area contributed by atoms with E-state index in [9.17, 15) is 8.78 Å². The fourth-order valence-electron chi connectivity index (χ4n) is 2.14. The number of ether oxygens (including phenoxy) is 1. The highest BCUT2D eigenvalue weighted by Crippen LogP contribution is 2.10. The number of nitrogens with zero attached hydrogens (tertiary/aromatic N) is 2. The molecule has 1 atom stereocenters. The van der Waals surface area contributed by atoms with Gasteiger partial charge in [0.15, 0.2) is 12.6 Å². The molecule has 0 spiro atoms. The maximum Gasteiger partial charge on any atom is 0.272 e. The molecule has 24 heavy (non-hydrogen) atoms. The fourth-order valence-corrected chi connectivity index (χ4v) is 2.14. The van der Waals surface area contributed by atoms with E-state index in [1.807, 2.05) is 0 Å². The highest BCUT2D eigenvalue weighted by atomic mass is 19.3. The molecule has 3 N–H and O–H groups in total. The third-order valence-electron chi connectivity index (χ3n) is 3.36. The Morgan fingerprint density at radius 2 is 2.04 bits per heavy atom. The maximum absolute atomic E-state index is 12.1. The first-order valence-electron chi connectivity index (χ1n) is 8.30. The van der Waals surface area contributed by atoms with Gasteiger partial charge in [0.1, 0.15) is 0 Å².